The van der Waals surface area contributed by atoms with Crippen LogP contribution in [0.4, 0.5) is 0 Å². The fourth-order valence-corrected chi connectivity index (χ4v) is 0. The second kappa shape index (κ2) is 8.82. The van der Waals surface area contributed by atoms with Gasteiger partial charge in [-0.25, -0.2) is 0 Å². The van der Waals surface area contributed by atoms with E-state index < -0.39 is 0 Å². The third kappa shape index (κ3) is 9.74. The van der Waals surface area contributed by atoms with Crippen LogP contribution in [0, 0.1) is 0 Å². The minimum Gasteiger partial charge on any atom is -0.518 e. The van der Waals surface area contributed by atoms with Crippen molar-refractivity contribution in [1.29, 1.82) is 0 Å². The van der Waals surface area contributed by atoms with Crippen molar-refractivity contribution in [3.8, 4) is 0 Å². The third-order valence-electron chi connectivity index (χ3n) is 0. The molecular weight excluding hydrogens is 78.0 g/mol. The molecule has 0 aromatic heterocycles. The van der Waals surface area contributed by atoms with Crippen LogP contribution in [0.2, 0.25) is 0 Å². The van der Waals surface area contributed by atoms with Crippen LogP contribution >= 0.6 is 0 Å². The van der Waals surface area contributed by atoms with Gasteiger partial charge >= 0.3 is 16.6 Å². The minimum atomic E-state index is 0. The Bertz CT molecular complexity index is 8.00. The molecule has 0 aliphatic carbocycles. The number of hydrogen-bond donors (Lipinski definition) is 0. The average Bonchev–Trinajstić information content (AvgIpc) is 0.918. The molecule has 0 aromatic carbocycles. The SMILES string of the molecule is C[O][Al].[Na]. The second-order valence-corrected chi connectivity index (χ2v) is 0.707. The van der Waals surface area contributed by atoms with Crippen LogP contribution in [0.1, 0.15) is 0 Å². The fraction of sp³-hybridized carbons (Fsp3) is 1.00. The van der Waals surface area contributed by atoms with Crippen LogP contribution in [0.5, 0.6) is 0 Å². The van der Waals surface area contributed by atoms with E-state index in [4.69, 9.17) is 0 Å². The van der Waals surface area contributed by atoms with Gasteiger partial charge in [-0.3, -0.25) is 0 Å². The molecule has 0 unspecified atom stereocenters. The monoisotopic (exact) mass is 81.0 g/mol. The number of rotatable bonds is 0. The van der Waals surface area contributed by atoms with Gasteiger partial charge in [0.2, 0.25) is 0 Å². The van der Waals surface area contributed by atoms with Crippen molar-refractivity contribution in [3.05, 3.63) is 0 Å². The molecular formula is CH3AlNaO. The van der Waals surface area contributed by atoms with Gasteiger partial charge in [0.05, 0.1) is 0 Å². The van der Waals surface area contributed by atoms with Gasteiger partial charge in [-0.05, 0) is 0 Å². The summed E-state index contributed by atoms with van der Waals surface area (Å²) in [6.45, 7) is 0. The molecule has 3 heteroatoms. The molecule has 0 heterocycles. The molecule has 0 rings (SSSR count). The molecule has 0 spiro atoms. The Kier molecular flexibility index (Phi) is 20.0. The Morgan fingerprint density at radius 3 is 1.75 bits per heavy atom. The van der Waals surface area contributed by atoms with Crippen molar-refractivity contribution in [2.45, 2.75) is 0 Å². The second-order valence-electron chi connectivity index (χ2n) is 0.236. The molecule has 0 aliphatic rings. The van der Waals surface area contributed by atoms with Crippen LogP contribution in [-0.4, -0.2) is 53.3 Å². The van der Waals surface area contributed by atoms with Crippen molar-refractivity contribution in [3.63, 3.8) is 0 Å². The topological polar surface area (TPSA) is 9.23 Å². The summed E-state index contributed by atoms with van der Waals surface area (Å²) in [6, 6.07) is 0. The maximum absolute atomic E-state index is 4.17. The first-order valence-electron chi connectivity index (χ1n) is 0.644. The first kappa shape index (κ1) is 9.09. The molecule has 0 N–H and O–H groups in total. The Balaban J connectivity index is 0. The van der Waals surface area contributed by atoms with E-state index in [2.05, 4.69) is 20.4 Å². The molecule has 0 amide bonds. The van der Waals surface area contributed by atoms with E-state index in [1.807, 2.05) is 0 Å². The normalized spacial score (nSPS) is 4.25. The van der Waals surface area contributed by atoms with E-state index in [1.54, 1.807) is 7.11 Å². The summed E-state index contributed by atoms with van der Waals surface area (Å²) in [6.07, 6.45) is 0. The molecule has 1 nitrogen and oxygen atoms in total. The van der Waals surface area contributed by atoms with Gasteiger partial charge in [0.25, 0.3) is 0 Å². The first-order valence-corrected chi connectivity index (χ1v) is 1.12. The van der Waals surface area contributed by atoms with E-state index in [9.17, 15) is 0 Å². The van der Waals surface area contributed by atoms with Crippen molar-refractivity contribution < 1.29 is 3.79 Å². The summed E-state index contributed by atoms with van der Waals surface area (Å²) in [7, 11) is 1.59. The van der Waals surface area contributed by atoms with E-state index in [0.29, 0.717) is 0 Å². The van der Waals surface area contributed by atoms with Crippen LogP contribution in [0.25, 0.3) is 0 Å². The molecule has 4 heavy (non-hydrogen) atoms. The van der Waals surface area contributed by atoms with Crippen LogP contribution in [-0.2, 0) is 3.79 Å². The quantitative estimate of drug-likeness (QED) is 0.351. The maximum atomic E-state index is 4.17. The summed E-state index contributed by atoms with van der Waals surface area (Å²) >= 11 is 2.08. The van der Waals surface area contributed by atoms with Gasteiger partial charge in [0, 0.05) is 36.7 Å². The molecule has 17 valence electrons. The fourth-order valence-electron chi connectivity index (χ4n) is 0. The Labute approximate surface area is 56.8 Å². The van der Waals surface area contributed by atoms with Crippen LogP contribution < -0.4 is 0 Å². The predicted octanol–water partition coefficient (Wildman–Crippen LogP) is -0.665. The minimum absolute atomic E-state index is 0. The van der Waals surface area contributed by atoms with Gasteiger partial charge in [0.15, 0.2) is 0 Å². The summed E-state index contributed by atoms with van der Waals surface area (Å²) in [5.74, 6) is 0. The molecule has 3 radical (unpaired) electrons. The standard InChI is InChI=1S/CH3O.Al.Na/c1-2;;/h1H3;;/q-1;+1;. The van der Waals surface area contributed by atoms with E-state index in [0.717, 1.165) is 0 Å². The summed E-state index contributed by atoms with van der Waals surface area (Å²) in [5.41, 5.74) is 0. The van der Waals surface area contributed by atoms with Gasteiger partial charge < -0.3 is 3.79 Å². The zero-order chi connectivity index (χ0) is 2.71. The van der Waals surface area contributed by atoms with Gasteiger partial charge in [0.1, 0.15) is 0 Å². The van der Waals surface area contributed by atoms with E-state index in [-0.39, 0.29) is 29.6 Å². The molecule has 0 saturated carbocycles. The summed E-state index contributed by atoms with van der Waals surface area (Å²) in [5, 5.41) is 0. The number of hydrogen-bond acceptors (Lipinski definition) is 1. The largest absolute Gasteiger partial charge is 0.518 e. The van der Waals surface area contributed by atoms with Crippen molar-refractivity contribution in [2.75, 3.05) is 7.11 Å². The zero-order valence-electron chi connectivity index (χ0n) is 2.99. The van der Waals surface area contributed by atoms with Gasteiger partial charge in [-0.15, -0.1) is 0 Å². The van der Waals surface area contributed by atoms with Gasteiger partial charge in [-0.1, -0.05) is 0 Å². The molecule has 0 aromatic rings. The molecule has 0 bridgehead atoms. The molecule has 0 aliphatic heterocycles. The first-order chi connectivity index (χ1) is 1.41. The molecule has 0 saturated heterocycles. The predicted molar refractivity (Wildman–Crippen MR) is 18.5 cm³/mol. The summed E-state index contributed by atoms with van der Waals surface area (Å²) < 4.78 is 4.17. The summed E-state index contributed by atoms with van der Waals surface area (Å²) in [4.78, 5) is 0. The van der Waals surface area contributed by atoms with Crippen molar-refractivity contribution in [1.82, 2.24) is 0 Å². The van der Waals surface area contributed by atoms with Crippen molar-refractivity contribution >= 4 is 46.2 Å². The van der Waals surface area contributed by atoms with E-state index in [1.165, 1.54) is 0 Å². The Morgan fingerprint density at radius 2 is 1.75 bits per heavy atom. The Hall–Kier alpha value is 1.49. The van der Waals surface area contributed by atoms with Crippen LogP contribution in [0.3, 0.4) is 0 Å². The smallest absolute Gasteiger partial charge is 0.368 e. The Morgan fingerprint density at radius 1 is 1.75 bits per heavy atom. The molecule has 0 atom stereocenters. The molecule has 0 fully saturated rings. The zero-order valence-corrected chi connectivity index (χ0v) is 6.14. The van der Waals surface area contributed by atoms with Gasteiger partial charge in [-0.2, -0.15) is 0 Å². The van der Waals surface area contributed by atoms with E-state index >= 15 is 0 Å². The van der Waals surface area contributed by atoms with Crippen LogP contribution in [0.15, 0.2) is 0 Å². The average molecular weight is 81.0 g/mol. The van der Waals surface area contributed by atoms with Crippen molar-refractivity contribution in [2.24, 2.45) is 0 Å². The third-order valence-corrected chi connectivity index (χ3v) is 0. The maximum Gasteiger partial charge on any atom is 0.368 e.